The van der Waals surface area contributed by atoms with Crippen LogP contribution >= 0.6 is 0 Å². The number of anilines is 1. The number of carbonyl (C=O) groups is 2. The minimum absolute atomic E-state index is 0.148. The number of esters is 1. The number of rotatable bonds is 11. The van der Waals surface area contributed by atoms with Crippen LogP contribution in [0, 0.1) is 6.92 Å². The van der Waals surface area contributed by atoms with E-state index in [4.69, 9.17) is 9.72 Å². The summed E-state index contributed by atoms with van der Waals surface area (Å²) >= 11 is 0. The Morgan fingerprint density at radius 2 is 1.97 bits per heavy atom. The number of aromatic nitrogens is 3. The first-order valence-electron chi connectivity index (χ1n) is 11.2. The average molecular weight is 425 g/mol. The molecule has 1 aliphatic heterocycles. The van der Waals surface area contributed by atoms with Gasteiger partial charge in [0.05, 0.1) is 13.0 Å². The number of hydrogen-bond donors (Lipinski definition) is 1. The monoisotopic (exact) mass is 424 g/mol. The fourth-order valence-corrected chi connectivity index (χ4v) is 3.86. The Bertz CT molecular complexity index is 883. The van der Waals surface area contributed by atoms with Gasteiger partial charge >= 0.3 is 5.97 Å². The summed E-state index contributed by atoms with van der Waals surface area (Å²) in [5.74, 6) is 1.28. The number of unbranched alkanes of at least 4 members (excludes halogenated alkanes) is 1. The van der Waals surface area contributed by atoms with Crippen molar-refractivity contribution in [2.75, 3.05) is 18.5 Å². The molecule has 31 heavy (non-hydrogen) atoms. The standard InChI is InChI=1S/C24H32N4O3/c1-3-31-23(30)14-19(20-15-26-17(2)27-16-20)13-22(29)9-5-4-8-21-11-10-18-7-6-12-25-24(18)28-21/h10-11,15-16,19H,3-9,12-14H2,1-2H3,(H,25,28). The van der Waals surface area contributed by atoms with E-state index in [1.807, 2.05) is 6.92 Å². The maximum Gasteiger partial charge on any atom is 0.306 e. The molecule has 0 spiro atoms. The zero-order valence-corrected chi connectivity index (χ0v) is 18.5. The second-order valence-corrected chi connectivity index (χ2v) is 8.06. The number of Topliss-reactive ketones (excluding diaryl/α,β-unsaturated/α-hetero) is 1. The quantitative estimate of drug-likeness (QED) is 0.431. The highest BCUT2D eigenvalue weighted by atomic mass is 16.5. The lowest BCUT2D eigenvalue weighted by atomic mass is 9.91. The lowest BCUT2D eigenvalue weighted by Crippen LogP contribution is -2.15. The molecule has 1 aliphatic rings. The van der Waals surface area contributed by atoms with E-state index in [1.54, 1.807) is 19.3 Å². The van der Waals surface area contributed by atoms with Gasteiger partial charge in [0.1, 0.15) is 17.4 Å². The van der Waals surface area contributed by atoms with Gasteiger partial charge in [-0.25, -0.2) is 15.0 Å². The molecular weight excluding hydrogens is 392 g/mol. The molecule has 0 amide bonds. The van der Waals surface area contributed by atoms with Crippen molar-refractivity contribution in [1.82, 2.24) is 15.0 Å². The molecule has 2 aromatic heterocycles. The molecule has 3 rings (SSSR count). The summed E-state index contributed by atoms with van der Waals surface area (Å²) in [6, 6.07) is 4.26. The third kappa shape index (κ3) is 7.12. The molecule has 166 valence electrons. The predicted molar refractivity (Wildman–Crippen MR) is 119 cm³/mol. The zero-order valence-electron chi connectivity index (χ0n) is 18.5. The number of aryl methyl sites for hydroxylation is 3. The van der Waals surface area contributed by atoms with Crippen LogP contribution in [-0.4, -0.2) is 39.9 Å². The Morgan fingerprint density at radius 3 is 2.74 bits per heavy atom. The van der Waals surface area contributed by atoms with E-state index in [9.17, 15) is 9.59 Å². The Kier molecular flexibility index (Phi) is 8.50. The second-order valence-electron chi connectivity index (χ2n) is 8.06. The highest BCUT2D eigenvalue weighted by molar-refractivity contribution is 5.80. The Morgan fingerprint density at radius 1 is 1.16 bits per heavy atom. The van der Waals surface area contributed by atoms with Gasteiger partial charge in [0, 0.05) is 43.4 Å². The molecule has 2 aromatic rings. The van der Waals surface area contributed by atoms with Gasteiger partial charge in [0.15, 0.2) is 0 Å². The van der Waals surface area contributed by atoms with Crippen LogP contribution in [0.3, 0.4) is 0 Å². The van der Waals surface area contributed by atoms with Crippen LogP contribution in [0.4, 0.5) is 5.82 Å². The summed E-state index contributed by atoms with van der Waals surface area (Å²) in [7, 11) is 0. The minimum Gasteiger partial charge on any atom is -0.466 e. The molecule has 1 N–H and O–H groups in total. The first-order valence-corrected chi connectivity index (χ1v) is 11.2. The maximum atomic E-state index is 12.6. The topological polar surface area (TPSA) is 94.1 Å². The van der Waals surface area contributed by atoms with Crippen molar-refractivity contribution in [3.05, 3.63) is 47.2 Å². The van der Waals surface area contributed by atoms with Gasteiger partial charge in [0.2, 0.25) is 0 Å². The molecule has 0 aliphatic carbocycles. The molecule has 0 radical (unpaired) electrons. The van der Waals surface area contributed by atoms with Crippen molar-refractivity contribution in [3.63, 3.8) is 0 Å². The van der Waals surface area contributed by atoms with Gasteiger partial charge in [-0.3, -0.25) is 9.59 Å². The number of hydrogen-bond acceptors (Lipinski definition) is 7. The lowest BCUT2D eigenvalue weighted by Gasteiger charge is -2.17. The number of nitrogens with one attached hydrogen (secondary N) is 1. The van der Waals surface area contributed by atoms with Gasteiger partial charge < -0.3 is 10.1 Å². The van der Waals surface area contributed by atoms with E-state index >= 15 is 0 Å². The van der Waals surface area contributed by atoms with E-state index in [1.165, 1.54) is 5.56 Å². The van der Waals surface area contributed by atoms with Gasteiger partial charge in [-0.1, -0.05) is 6.07 Å². The van der Waals surface area contributed by atoms with Crippen LogP contribution in [0.15, 0.2) is 24.5 Å². The average Bonchev–Trinajstić information content (AvgIpc) is 2.77. The van der Waals surface area contributed by atoms with Crippen molar-refractivity contribution in [2.45, 2.75) is 71.1 Å². The molecule has 0 saturated carbocycles. The molecule has 0 aromatic carbocycles. The molecule has 1 unspecified atom stereocenters. The lowest BCUT2D eigenvalue weighted by molar-refractivity contribution is -0.143. The number of ether oxygens (including phenoxy) is 1. The highest BCUT2D eigenvalue weighted by Crippen LogP contribution is 2.25. The molecule has 7 nitrogen and oxygen atoms in total. The molecule has 0 fully saturated rings. The van der Waals surface area contributed by atoms with Crippen molar-refractivity contribution in [3.8, 4) is 0 Å². The third-order valence-corrected chi connectivity index (χ3v) is 5.56. The minimum atomic E-state index is -0.298. The van der Waals surface area contributed by atoms with Gasteiger partial charge in [-0.15, -0.1) is 0 Å². The number of carbonyl (C=O) groups excluding carboxylic acids is 2. The molecule has 0 saturated heterocycles. The van der Waals surface area contributed by atoms with Crippen molar-refractivity contribution in [2.24, 2.45) is 0 Å². The van der Waals surface area contributed by atoms with E-state index < -0.39 is 0 Å². The summed E-state index contributed by atoms with van der Waals surface area (Å²) in [6.45, 7) is 4.90. The van der Waals surface area contributed by atoms with Crippen molar-refractivity contribution in [1.29, 1.82) is 0 Å². The SMILES string of the molecule is CCOC(=O)CC(CC(=O)CCCCc1ccc2c(n1)NCCC2)c1cnc(C)nc1. The van der Waals surface area contributed by atoms with E-state index in [2.05, 4.69) is 27.4 Å². The second kappa shape index (κ2) is 11.5. The summed E-state index contributed by atoms with van der Waals surface area (Å²) in [5.41, 5.74) is 3.16. The van der Waals surface area contributed by atoms with Crippen molar-refractivity contribution < 1.29 is 14.3 Å². The van der Waals surface area contributed by atoms with Gasteiger partial charge in [0.25, 0.3) is 0 Å². The predicted octanol–water partition coefficient (Wildman–Crippen LogP) is 3.95. The fourth-order valence-electron chi connectivity index (χ4n) is 3.86. The Balaban J connectivity index is 1.48. The maximum absolute atomic E-state index is 12.6. The highest BCUT2D eigenvalue weighted by Gasteiger charge is 2.21. The number of nitrogens with zero attached hydrogens (tertiary/aromatic N) is 3. The van der Waals surface area contributed by atoms with Crippen LogP contribution < -0.4 is 5.32 Å². The van der Waals surface area contributed by atoms with Gasteiger partial charge in [-0.2, -0.15) is 0 Å². The molecule has 3 heterocycles. The first-order chi connectivity index (χ1) is 15.0. The molecule has 0 bridgehead atoms. The first kappa shape index (κ1) is 22.8. The van der Waals surface area contributed by atoms with Crippen LogP contribution in [0.5, 0.6) is 0 Å². The number of fused-ring (bicyclic) bond motifs is 1. The van der Waals surface area contributed by atoms with Crippen LogP contribution in [0.25, 0.3) is 0 Å². The molecule has 1 atom stereocenters. The molecular formula is C24H32N4O3. The van der Waals surface area contributed by atoms with Crippen LogP contribution in [0.1, 0.15) is 74.0 Å². The summed E-state index contributed by atoms with van der Waals surface area (Å²) in [6.07, 6.45) is 9.19. The third-order valence-electron chi connectivity index (χ3n) is 5.56. The summed E-state index contributed by atoms with van der Waals surface area (Å²) in [5, 5.41) is 3.36. The summed E-state index contributed by atoms with van der Waals surface area (Å²) < 4.78 is 5.08. The van der Waals surface area contributed by atoms with E-state index in [-0.39, 0.29) is 24.1 Å². The van der Waals surface area contributed by atoms with Crippen LogP contribution in [0.2, 0.25) is 0 Å². The Labute approximate surface area is 184 Å². The van der Waals surface area contributed by atoms with Crippen molar-refractivity contribution >= 4 is 17.6 Å². The largest absolute Gasteiger partial charge is 0.466 e. The number of ketones is 1. The smallest absolute Gasteiger partial charge is 0.306 e. The van der Waals surface area contributed by atoms with Gasteiger partial charge in [-0.05, 0) is 63.1 Å². The summed E-state index contributed by atoms with van der Waals surface area (Å²) in [4.78, 5) is 37.8. The Hall–Kier alpha value is -2.83. The molecule has 7 heteroatoms. The van der Waals surface area contributed by atoms with E-state index in [0.29, 0.717) is 25.3 Å². The zero-order chi connectivity index (χ0) is 22.1. The fraction of sp³-hybridized carbons (Fsp3) is 0.542. The number of pyridine rings is 1. The van der Waals surface area contributed by atoms with E-state index in [0.717, 1.165) is 55.7 Å². The van der Waals surface area contributed by atoms with Crippen LogP contribution in [-0.2, 0) is 27.2 Å². The normalized spacial score (nSPS) is 13.7.